The number of methoxy groups -OCH3 is 4. The fourth-order valence-electron chi connectivity index (χ4n) is 9.69. The Labute approximate surface area is 420 Å². The third-order valence-corrected chi connectivity index (χ3v) is 13.9. The van der Waals surface area contributed by atoms with E-state index < -0.39 is 0 Å². The topological polar surface area (TPSA) is 67.0 Å². The van der Waals surface area contributed by atoms with E-state index in [0.717, 1.165) is 48.1 Å². The molecule has 0 atom stereocenters. The van der Waals surface area contributed by atoms with Gasteiger partial charge in [0, 0.05) is 43.8 Å². The average molecular weight is 943 g/mol. The van der Waals surface area contributed by atoms with E-state index in [1.807, 2.05) is 24.3 Å². The summed E-state index contributed by atoms with van der Waals surface area (Å²) in [5.74, 6) is 2.14. The highest BCUT2D eigenvalue weighted by Gasteiger charge is 2.22. The van der Waals surface area contributed by atoms with E-state index in [-0.39, 0.29) is 0 Å². The fraction of sp³-hybridized carbons (Fsp3) is 0.581. The molecule has 0 unspecified atom stereocenters. The minimum absolute atomic E-state index is 0.348. The van der Waals surface area contributed by atoms with Gasteiger partial charge in [0.05, 0.1) is 44.8 Å². The standard InChI is InChI=1S/C62H92N3O4/c1-9-13-17-21-25-29-41-64(42-30-26-22-18-14-10-2)54-37-33-50(34-38-54)52-45-57(66-5)61(58(46-52)67-6)56(49-63)62-59(68-7)47-53(48-60(62)69-8)51-35-39-55(40-36-51)65(43-31-27-23-19-15-11-3)44-32-28-24-20-16-12-4/h33-40,45-48H,9-32,41-44H2,1-8H3/q+1. The van der Waals surface area contributed by atoms with E-state index in [0.29, 0.717) is 39.4 Å². The summed E-state index contributed by atoms with van der Waals surface area (Å²) in [4.78, 5) is 2.59. The molecule has 378 valence electrons. The fourth-order valence-corrected chi connectivity index (χ4v) is 9.69. The average Bonchev–Trinajstić information content (AvgIpc) is 3.39. The molecule has 3 aromatic carbocycles. The molecule has 0 spiro atoms. The predicted octanol–water partition coefficient (Wildman–Crippen LogP) is 15.1. The highest BCUT2D eigenvalue weighted by atomic mass is 16.5. The molecular formula is C62H92N3O4+. The largest absolute Gasteiger partial charge is 0.496 e. The molecule has 0 aliphatic heterocycles. The molecule has 7 heteroatoms. The van der Waals surface area contributed by atoms with Crippen LogP contribution in [0.5, 0.6) is 23.0 Å². The zero-order valence-electron chi connectivity index (χ0n) is 44.7. The monoisotopic (exact) mass is 943 g/mol. The molecule has 0 N–H and O–H groups in total. The van der Waals surface area contributed by atoms with Gasteiger partial charge < -0.3 is 23.8 Å². The van der Waals surface area contributed by atoms with Gasteiger partial charge in [0.1, 0.15) is 42.2 Å². The zero-order valence-corrected chi connectivity index (χ0v) is 44.7. The Bertz CT molecular complexity index is 2100. The second kappa shape index (κ2) is 33.6. The first-order valence-electron chi connectivity index (χ1n) is 27.4. The molecule has 3 aromatic rings. The van der Waals surface area contributed by atoms with Gasteiger partial charge in [0.25, 0.3) is 0 Å². The Hall–Kier alpha value is -4.96. The lowest BCUT2D eigenvalue weighted by atomic mass is 9.95. The minimum atomic E-state index is 0.348. The highest BCUT2D eigenvalue weighted by molar-refractivity contribution is 6.05. The summed E-state index contributed by atoms with van der Waals surface area (Å²) in [6.45, 7) is 13.5. The summed E-state index contributed by atoms with van der Waals surface area (Å²) in [5, 5.41) is 12.5. The molecule has 0 fully saturated rings. The van der Waals surface area contributed by atoms with Gasteiger partial charge in [-0.15, -0.1) is 0 Å². The number of anilines is 1. The van der Waals surface area contributed by atoms with E-state index in [9.17, 15) is 5.26 Å². The molecule has 1 aliphatic carbocycles. The van der Waals surface area contributed by atoms with Gasteiger partial charge in [-0.3, -0.25) is 0 Å². The first-order chi connectivity index (χ1) is 33.9. The number of nitriles is 1. The molecule has 0 saturated carbocycles. The van der Waals surface area contributed by atoms with Crippen molar-refractivity contribution in [2.75, 3.05) is 59.5 Å². The number of hydrogen-bond donors (Lipinski definition) is 0. The second-order valence-corrected chi connectivity index (χ2v) is 19.1. The summed E-state index contributed by atoms with van der Waals surface area (Å²) in [6.07, 6.45) is 40.0. The maximum atomic E-state index is 11.0. The molecule has 1 aliphatic rings. The van der Waals surface area contributed by atoms with Crippen LogP contribution in [-0.4, -0.2) is 64.9 Å². The van der Waals surface area contributed by atoms with Crippen LogP contribution in [-0.2, 0) is 0 Å². The summed E-state index contributed by atoms with van der Waals surface area (Å²) in [7, 11) is 6.58. The zero-order chi connectivity index (χ0) is 49.5. The van der Waals surface area contributed by atoms with Gasteiger partial charge in [-0.1, -0.05) is 155 Å². The molecule has 0 bridgehead atoms. The van der Waals surface area contributed by atoms with Crippen molar-refractivity contribution in [2.45, 2.75) is 182 Å². The Morgan fingerprint density at radius 3 is 1.29 bits per heavy atom. The van der Waals surface area contributed by atoms with Gasteiger partial charge in [-0.25, -0.2) is 4.58 Å². The van der Waals surface area contributed by atoms with E-state index in [1.165, 1.54) is 165 Å². The van der Waals surface area contributed by atoms with Crippen LogP contribution in [0.2, 0.25) is 0 Å². The molecule has 0 saturated heterocycles. The smallest absolute Gasteiger partial charge is 0.199 e. The quantitative estimate of drug-likeness (QED) is 0.0432. The van der Waals surface area contributed by atoms with Crippen molar-refractivity contribution in [1.29, 1.82) is 5.26 Å². The van der Waals surface area contributed by atoms with E-state index >= 15 is 0 Å². The molecule has 0 amide bonds. The van der Waals surface area contributed by atoms with Crippen molar-refractivity contribution in [1.82, 2.24) is 0 Å². The third kappa shape index (κ3) is 18.4. The number of benzene rings is 3. The summed E-state index contributed by atoms with van der Waals surface area (Å²) in [5.41, 5.74) is 6.49. The lowest BCUT2D eigenvalue weighted by Gasteiger charge is -2.25. The maximum Gasteiger partial charge on any atom is 0.199 e. The molecule has 0 heterocycles. The normalized spacial score (nSPS) is 12.0. The van der Waals surface area contributed by atoms with Gasteiger partial charge in [-0.2, -0.15) is 5.26 Å². The van der Waals surface area contributed by atoms with Gasteiger partial charge in [0.2, 0.25) is 0 Å². The number of nitrogens with zero attached hydrogens (tertiary/aromatic N) is 3. The number of unbranched alkanes of at least 4 members (excludes halogenated alkanes) is 20. The molecule has 4 rings (SSSR count). The van der Waals surface area contributed by atoms with Crippen LogP contribution in [0.4, 0.5) is 5.69 Å². The Morgan fingerprint density at radius 2 is 0.884 bits per heavy atom. The Balaban J connectivity index is 1.68. The SMILES string of the molecule is CCCCCCCCN(CCCCCCCC)c1ccc(-c2cc(OC)c(C(C#N)=c3c(OC)cc(=C4C=CC(=[N+](CCCCCCCC)CCCCCCCC)C=C4)cc3OC)c(OC)c2)cc1. The molecule has 7 nitrogen and oxygen atoms in total. The molecule has 0 aromatic heterocycles. The van der Waals surface area contributed by atoms with Crippen molar-refractivity contribution in [3.8, 4) is 40.2 Å². The van der Waals surface area contributed by atoms with Gasteiger partial charge in [0.15, 0.2) is 5.71 Å². The Morgan fingerprint density at radius 1 is 0.478 bits per heavy atom. The Kier molecular flexibility index (Phi) is 27.5. The maximum absolute atomic E-state index is 11.0. The molecular weight excluding hydrogens is 851 g/mol. The van der Waals surface area contributed by atoms with Crippen LogP contribution in [0.25, 0.3) is 22.3 Å². The van der Waals surface area contributed by atoms with Crippen molar-refractivity contribution < 1.29 is 23.5 Å². The van der Waals surface area contributed by atoms with Crippen molar-refractivity contribution in [3.63, 3.8) is 0 Å². The second-order valence-electron chi connectivity index (χ2n) is 19.1. The number of hydrogen-bond acceptors (Lipinski definition) is 6. The summed E-state index contributed by atoms with van der Waals surface area (Å²) >= 11 is 0. The van der Waals surface area contributed by atoms with Crippen LogP contribution in [0.15, 0.2) is 72.8 Å². The molecule has 69 heavy (non-hydrogen) atoms. The van der Waals surface area contributed by atoms with Crippen LogP contribution < -0.4 is 34.3 Å². The number of ether oxygens (including phenoxy) is 4. The molecule has 0 radical (unpaired) electrons. The number of rotatable bonds is 35. The summed E-state index contributed by atoms with van der Waals surface area (Å²) in [6, 6.07) is 19.4. The first kappa shape index (κ1) is 56.6. The van der Waals surface area contributed by atoms with Crippen LogP contribution >= 0.6 is 0 Å². The van der Waals surface area contributed by atoms with E-state index in [2.05, 4.69) is 91.8 Å². The lowest BCUT2D eigenvalue weighted by Crippen LogP contribution is -2.25. The summed E-state index contributed by atoms with van der Waals surface area (Å²) < 4.78 is 27.0. The van der Waals surface area contributed by atoms with Crippen molar-refractivity contribution >= 4 is 22.5 Å². The number of allylic oxidation sites excluding steroid dienone is 4. The third-order valence-electron chi connectivity index (χ3n) is 13.9. The first-order valence-corrected chi connectivity index (χ1v) is 27.4. The minimum Gasteiger partial charge on any atom is -0.496 e. The van der Waals surface area contributed by atoms with Crippen LogP contribution in [0.1, 0.15) is 187 Å². The van der Waals surface area contributed by atoms with E-state index in [4.69, 9.17) is 18.9 Å². The van der Waals surface area contributed by atoms with Crippen molar-refractivity contribution in [2.24, 2.45) is 0 Å². The van der Waals surface area contributed by atoms with E-state index in [1.54, 1.807) is 28.4 Å². The lowest BCUT2D eigenvalue weighted by molar-refractivity contribution is -0.527. The van der Waals surface area contributed by atoms with Crippen molar-refractivity contribution in [3.05, 3.63) is 88.8 Å². The predicted molar refractivity (Wildman–Crippen MR) is 294 cm³/mol. The highest BCUT2D eigenvalue weighted by Crippen LogP contribution is 2.40. The van der Waals surface area contributed by atoms with Crippen LogP contribution in [0, 0.1) is 11.3 Å². The van der Waals surface area contributed by atoms with Crippen LogP contribution in [0.3, 0.4) is 0 Å². The van der Waals surface area contributed by atoms with Gasteiger partial charge >= 0.3 is 0 Å². The van der Waals surface area contributed by atoms with Gasteiger partial charge in [-0.05, 0) is 96.2 Å².